The van der Waals surface area contributed by atoms with Crippen LogP contribution < -0.4 is 4.90 Å². The summed E-state index contributed by atoms with van der Waals surface area (Å²) < 4.78 is 27.8. The van der Waals surface area contributed by atoms with Gasteiger partial charge in [0.1, 0.15) is 0 Å². The van der Waals surface area contributed by atoms with Crippen molar-refractivity contribution in [3.8, 4) is 6.07 Å². The van der Waals surface area contributed by atoms with E-state index >= 15 is 0 Å². The molecule has 194 valence electrons. The first-order valence-electron chi connectivity index (χ1n) is 13.5. The van der Waals surface area contributed by atoms with Crippen LogP contribution in [-0.2, 0) is 5.41 Å². The lowest BCUT2D eigenvalue weighted by molar-refractivity contribution is 0.153. The SMILES string of the molecule is CN1CCN(CCCN(c2nc3cc(F)c(F)cc3[nH]2)[C@@H]2CC[C@]3(c4cccc(C#N)c4)CC3C2)CC1. The number of piperazine rings is 1. The van der Waals surface area contributed by atoms with Crippen molar-refractivity contribution in [1.82, 2.24) is 19.8 Å². The maximum atomic E-state index is 13.9. The topological polar surface area (TPSA) is 62.2 Å². The number of halogens is 2. The molecule has 2 aromatic carbocycles. The Bertz CT molecular complexity index is 1280. The molecule has 3 atom stereocenters. The second-order valence-electron chi connectivity index (χ2n) is 11.2. The van der Waals surface area contributed by atoms with Crippen LogP contribution in [0.5, 0.6) is 0 Å². The van der Waals surface area contributed by atoms with Crippen LogP contribution >= 0.6 is 0 Å². The van der Waals surface area contributed by atoms with E-state index in [1.165, 1.54) is 17.7 Å². The van der Waals surface area contributed by atoms with E-state index in [9.17, 15) is 14.0 Å². The summed E-state index contributed by atoms with van der Waals surface area (Å²) >= 11 is 0. The van der Waals surface area contributed by atoms with Gasteiger partial charge in [-0.05, 0) is 74.7 Å². The molecule has 1 aliphatic heterocycles. The fraction of sp³-hybridized carbons (Fsp3) is 0.517. The summed E-state index contributed by atoms with van der Waals surface area (Å²) in [5.41, 5.74) is 3.21. The van der Waals surface area contributed by atoms with Crippen molar-refractivity contribution in [1.29, 1.82) is 5.26 Å². The molecule has 6 nitrogen and oxygen atoms in total. The number of rotatable bonds is 7. The van der Waals surface area contributed by atoms with Gasteiger partial charge in [-0.25, -0.2) is 13.8 Å². The Morgan fingerprint density at radius 2 is 1.97 bits per heavy atom. The Kier molecular flexibility index (Phi) is 6.37. The monoisotopic (exact) mass is 504 g/mol. The summed E-state index contributed by atoms with van der Waals surface area (Å²) in [7, 11) is 2.17. The minimum absolute atomic E-state index is 0.189. The van der Waals surface area contributed by atoms with Crippen LogP contribution in [0.15, 0.2) is 36.4 Å². The number of nitrogens with one attached hydrogen (secondary N) is 1. The molecular weight excluding hydrogens is 470 g/mol. The number of nitriles is 1. The summed E-state index contributed by atoms with van der Waals surface area (Å²) in [6.07, 6.45) is 5.34. The minimum atomic E-state index is -0.868. The average Bonchev–Trinajstić information content (AvgIpc) is 3.53. The van der Waals surface area contributed by atoms with Crippen molar-refractivity contribution in [3.05, 3.63) is 59.2 Å². The molecule has 1 aromatic heterocycles. The van der Waals surface area contributed by atoms with Gasteiger partial charge in [-0.2, -0.15) is 5.26 Å². The van der Waals surface area contributed by atoms with E-state index < -0.39 is 11.6 Å². The number of hydrogen-bond acceptors (Lipinski definition) is 5. The van der Waals surface area contributed by atoms with Gasteiger partial charge in [-0.15, -0.1) is 0 Å². The first-order valence-corrected chi connectivity index (χ1v) is 13.5. The molecule has 0 amide bonds. The third-order valence-corrected chi connectivity index (χ3v) is 8.97. The lowest BCUT2D eigenvalue weighted by Crippen LogP contribution is -2.46. The second kappa shape index (κ2) is 9.70. The van der Waals surface area contributed by atoms with Crippen molar-refractivity contribution >= 4 is 17.0 Å². The molecule has 8 heteroatoms. The van der Waals surface area contributed by atoms with Gasteiger partial charge >= 0.3 is 0 Å². The highest BCUT2D eigenvalue weighted by Crippen LogP contribution is 2.63. The van der Waals surface area contributed by atoms with Crippen LogP contribution in [0.1, 0.15) is 43.2 Å². The number of hydrogen-bond donors (Lipinski definition) is 1. The molecule has 0 bridgehead atoms. The molecule has 3 aliphatic rings. The number of likely N-dealkylation sites (N-methyl/N-ethyl adjacent to an activating group) is 1. The Morgan fingerprint density at radius 3 is 2.76 bits per heavy atom. The van der Waals surface area contributed by atoms with Crippen molar-refractivity contribution in [2.75, 3.05) is 51.2 Å². The number of aromatic nitrogens is 2. The molecule has 1 saturated heterocycles. The number of nitrogens with zero attached hydrogens (tertiary/aromatic N) is 5. The Balaban J connectivity index is 1.20. The minimum Gasteiger partial charge on any atom is -0.339 e. The van der Waals surface area contributed by atoms with E-state index in [0.717, 1.165) is 76.9 Å². The van der Waals surface area contributed by atoms with E-state index in [1.807, 2.05) is 12.1 Å². The number of imidazole rings is 1. The van der Waals surface area contributed by atoms with Gasteiger partial charge in [0, 0.05) is 50.9 Å². The van der Waals surface area contributed by atoms with Gasteiger partial charge in [-0.3, -0.25) is 0 Å². The number of benzene rings is 2. The highest BCUT2D eigenvalue weighted by molar-refractivity contribution is 5.78. The molecule has 37 heavy (non-hydrogen) atoms. The normalized spacial score (nSPS) is 26.1. The van der Waals surface area contributed by atoms with Gasteiger partial charge < -0.3 is 19.7 Å². The molecule has 2 aliphatic carbocycles. The zero-order valence-electron chi connectivity index (χ0n) is 21.4. The lowest BCUT2D eigenvalue weighted by Gasteiger charge is -2.38. The van der Waals surface area contributed by atoms with Crippen LogP contribution in [-0.4, -0.2) is 72.1 Å². The highest BCUT2D eigenvalue weighted by Gasteiger charge is 2.58. The molecule has 2 saturated carbocycles. The van der Waals surface area contributed by atoms with E-state index in [0.29, 0.717) is 28.9 Å². The van der Waals surface area contributed by atoms with E-state index in [1.54, 1.807) is 0 Å². The van der Waals surface area contributed by atoms with E-state index in [2.05, 4.69) is 44.9 Å². The molecule has 0 radical (unpaired) electrons. The van der Waals surface area contributed by atoms with Crippen LogP contribution in [0.2, 0.25) is 0 Å². The second-order valence-corrected chi connectivity index (χ2v) is 11.2. The van der Waals surface area contributed by atoms with Gasteiger partial charge in [0.05, 0.1) is 22.7 Å². The summed E-state index contributed by atoms with van der Waals surface area (Å²) in [6.45, 7) is 6.28. The summed E-state index contributed by atoms with van der Waals surface area (Å²) in [6, 6.07) is 13.1. The average molecular weight is 505 g/mol. The Labute approximate surface area is 216 Å². The number of aromatic amines is 1. The maximum absolute atomic E-state index is 13.9. The first kappa shape index (κ1) is 24.3. The summed E-state index contributed by atoms with van der Waals surface area (Å²) in [5, 5.41) is 9.36. The number of H-pyrrole nitrogens is 1. The van der Waals surface area contributed by atoms with Crippen molar-refractivity contribution < 1.29 is 8.78 Å². The third-order valence-electron chi connectivity index (χ3n) is 8.97. The quantitative estimate of drug-likeness (QED) is 0.507. The fourth-order valence-electron chi connectivity index (χ4n) is 6.67. The molecule has 3 fully saturated rings. The third kappa shape index (κ3) is 4.71. The first-order chi connectivity index (χ1) is 17.9. The predicted molar refractivity (Wildman–Crippen MR) is 140 cm³/mol. The standard InChI is InChI=1S/C29H34F2N6/c1-35-10-12-36(13-11-35)8-3-9-37(28-33-26-16-24(30)25(31)17-27(26)34-28)23-6-7-29(18-22(29)15-23)21-5-2-4-20(14-21)19-32/h2,4-5,14,16-17,22-23H,3,6-13,15,18H2,1H3,(H,33,34)/t22?,23-,29-/m1/s1. The summed E-state index contributed by atoms with van der Waals surface area (Å²) in [4.78, 5) is 15.3. The van der Waals surface area contributed by atoms with Gasteiger partial charge in [0.15, 0.2) is 11.6 Å². The van der Waals surface area contributed by atoms with Gasteiger partial charge in [-0.1, -0.05) is 12.1 Å². The molecule has 3 aromatic rings. The lowest BCUT2D eigenvalue weighted by atomic mass is 9.80. The summed E-state index contributed by atoms with van der Waals surface area (Å²) in [5.74, 6) is -0.431. The molecule has 1 unspecified atom stereocenters. The van der Waals surface area contributed by atoms with E-state index in [-0.39, 0.29) is 5.41 Å². The molecule has 1 N–H and O–H groups in total. The molecule has 6 rings (SSSR count). The highest BCUT2D eigenvalue weighted by atomic mass is 19.2. The smallest absolute Gasteiger partial charge is 0.204 e. The zero-order valence-corrected chi connectivity index (χ0v) is 21.4. The van der Waals surface area contributed by atoms with Crippen LogP contribution in [0.25, 0.3) is 11.0 Å². The van der Waals surface area contributed by atoms with Crippen LogP contribution in [0.3, 0.4) is 0 Å². The molecular formula is C29H34F2N6. The predicted octanol–water partition coefficient (Wildman–Crippen LogP) is 4.67. The Morgan fingerprint density at radius 1 is 1.16 bits per heavy atom. The van der Waals surface area contributed by atoms with Crippen LogP contribution in [0.4, 0.5) is 14.7 Å². The maximum Gasteiger partial charge on any atom is 0.204 e. The van der Waals surface area contributed by atoms with E-state index in [4.69, 9.17) is 4.98 Å². The largest absolute Gasteiger partial charge is 0.339 e. The fourth-order valence-corrected chi connectivity index (χ4v) is 6.67. The van der Waals surface area contributed by atoms with Gasteiger partial charge in [0.25, 0.3) is 0 Å². The number of anilines is 1. The van der Waals surface area contributed by atoms with Gasteiger partial charge in [0.2, 0.25) is 5.95 Å². The van der Waals surface area contributed by atoms with Crippen molar-refractivity contribution in [3.63, 3.8) is 0 Å². The van der Waals surface area contributed by atoms with Crippen molar-refractivity contribution in [2.45, 2.75) is 43.6 Å². The molecule has 0 spiro atoms. The molecule has 2 heterocycles. The Hall–Kier alpha value is -3.02. The zero-order chi connectivity index (χ0) is 25.6. The van der Waals surface area contributed by atoms with Crippen molar-refractivity contribution in [2.24, 2.45) is 5.92 Å². The number of fused-ring (bicyclic) bond motifs is 2. The van der Waals surface area contributed by atoms with Crippen LogP contribution in [0, 0.1) is 28.9 Å².